The fourth-order valence-corrected chi connectivity index (χ4v) is 4.65. The Kier molecular flexibility index (Phi) is 3.39. The molecule has 2 unspecified atom stereocenters. The molecule has 0 aromatic heterocycles. The van der Waals surface area contributed by atoms with Crippen LogP contribution < -0.4 is 5.32 Å². The molecule has 2 aliphatic rings. The van der Waals surface area contributed by atoms with Gasteiger partial charge in [0.15, 0.2) is 9.84 Å². The molecule has 0 bridgehead atoms. The van der Waals surface area contributed by atoms with Crippen LogP contribution in [0.25, 0.3) is 0 Å². The Morgan fingerprint density at radius 3 is 2.74 bits per heavy atom. The molecular weight excluding hydrogens is 258 g/mol. The van der Waals surface area contributed by atoms with Gasteiger partial charge >= 0.3 is 0 Å². The van der Waals surface area contributed by atoms with E-state index in [1.54, 1.807) is 6.07 Å². The Labute approximate surface area is 115 Å². The van der Waals surface area contributed by atoms with Gasteiger partial charge in [-0.25, -0.2) is 8.42 Å². The van der Waals surface area contributed by atoms with Crippen molar-refractivity contribution < 1.29 is 8.42 Å². The Hall–Kier alpha value is -0.870. The second-order valence-electron chi connectivity index (χ2n) is 5.94. The Balaban J connectivity index is 1.79. The molecule has 0 saturated heterocycles. The van der Waals surface area contributed by atoms with E-state index < -0.39 is 9.84 Å². The van der Waals surface area contributed by atoms with Crippen molar-refractivity contribution in [3.63, 3.8) is 0 Å². The maximum Gasteiger partial charge on any atom is 0.178 e. The lowest BCUT2D eigenvalue weighted by molar-refractivity contribution is 0.404. The molecular formula is C15H21NO2S. The minimum atomic E-state index is -3.06. The zero-order valence-corrected chi connectivity index (χ0v) is 12.1. The summed E-state index contributed by atoms with van der Waals surface area (Å²) in [6.07, 6.45) is 4.63. The first kappa shape index (κ1) is 13.1. The van der Waals surface area contributed by atoms with E-state index in [2.05, 4.69) is 12.2 Å². The Bertz CT molecular complexity index is 563. The first-order valence-corrected chi connectivity index (χ1v) is 8.79. The van der Waals surface area contributed by atoms with Gasteiger partial charge in [-0.3, -0.25) is 0 Å². The summed E-state index contributed by atoms with van der Waals surface area (Å²) in [6, 6.07) is 8.09. The van der Waals surface area contributed by atoms with E-state index in [4.69, 9.17) is 0 Å². The van der Waals surface area contributed by atoms with Crippen molar-refractivity contribution in [2.45, 2.75) is 49.6 Å². The number of hydrogen-bond donors (Lipinski definition) is 1. The fourth-order valence-electron chi connectivity index (χ4n) is 3.03. The zero-order chi connectivity index (χ0) is 13.5. The molecule has 1 aromatic rings. The molecule has 4 heteroatoms. The van der Waals surface area contributed by atoms with Crippen LogP contribution in [0.2, 0.25) is 0 Å². The van der Waals surface area contributed by atoms with Gasteiger partial charge in [-0.1, -0.05) is 31.0 Å². The third-order valence-corrected chi connectivity index (χ3v) is 5.99. The van der Waals surface area contributed by atoms with Crippen LogP contribution in [0, 0.1) is 5.92 Å². The summed E-state index contributed by atoms with van der Waals surface area (Å²) in [6.45, 7) is 2.21. The molecule has 0 amide bonds. The van der Waals surface area contributed by atoms with E-state index in [0.29, 0.717) is 17.4 Å². The van der Waals surface area contributed by atoms with Crippen LogP contribution in [0.3, 0.4) is 0 Å². The van der Waals surface area contributed by atoms with Crippen LogP contribution in [0.1, 0.15) is 44.2 Å². The summed E-state index contributed by atoms with van der Waals surface area (Å²) in [5.74, 6) is 1.16. The molecule has 1 N–H and O–H groups in total. The van der Waals surface area contributed by atoms with Gasteiger partial charge in [-0.05, 0) is 37.3 Å². The largest absolute Gasteiger partial charge is 0.307 e. The molecule has 1 heterocycles. The van der Waals surface area contributed by atoms with E-state index in [0.717, 1.165) is 11.5 Å². The minimum absolute atomic E-state index is 0.188. The van der Waals surface area contributed by atoms with Crippen molar-refractivity contribution in [3.8, 4) is 0 Å². The fraction of sp³-hybridized carbons (Fsp3) is 0.600. The first-order valence-electron chi connectivity index (χ1n) is 7.14. The molecule has 1 aliphatic heterocycles. The molecule has 3 rings (SSSR count). The number of sulfone groups is 1. The molecule has 0 spiro atoms. The number of nitrogens with one attached hydrogen (secondary N) is 1. The van der Waals surface area contributed by atoms with Crippen LogP contribution >= 0.6 is 0 Å². The highest BCUT2D eigenvalue weighted by Crippen LogP contribution is 2.36. The van der Waals surface area contributed by atoms with Crippen LogP contribution in [0.5, 0.6) is 0 Å². The average molecular weight is 279 g/mol. The van der Waals surface area contributed by atoms with Crippen molar-refractivity contribution >= 4 is 9.84 Å². The predicted octanol–water partition coefficient (Wildman–Crippen LogP) is 2.68. The lowest BCUT2D eigenvalue weighted by atomic mass is 10.0. The number of benzene rings is 1. The van der Waals surface area contributed by atoms with Crippen molar-refractivity contribution in [1.82, 2.24) is 5.32 Å². The SMILES string of the molecule is CC(CC1CC1)NC1CCS(=O)(=O)c2ccccc21. The topological polar surface area (TPSA) is 46.2 Å². The summed E-state index contributed by atoms with van der Waals surface area (Å²) in [5.41, 5.74) is 0.955. The van der Waals surface area contributed by atoms with Gasteiger partial charge in [-0.2, -0.15) is 0 Å². The Morgan fingerprint density at radius 1 is 1.26 bits per heavy atom. The maximum absolute atomic E-state index is 12.1. The van der Waals surface area contributed by atoms with Crippen LogP contribution in [-0.4, -0.2) is 20.2 Å². The minimum Gasteiger partial charge on any atom is -0.307 e. The van der Waals surface area contributed by atoms with Crippen molar-refractivity contribution in [1.29, 1.82) is 0 Å². The van der Waals surface area contributed by atoms with E-state index in [9.17, 15) is 8.42 Å². The smallest absolute Gasteiger partial charge is 0.178 e. The van der Waals surface area contributed by atoms with Crippen LogP contribution in [0.4, 0.5) is 0 Å². The van der Waals surface area contributed by atoms with Crippen molar-refractivity contribution in [2.24, 2.45) is 5.92 Å². The third kappa shape index (κ3) is 2.84. The molecule has 2 atom stereocenters. The third-order valence-electron chi connectivity index (χ3n) is 4.17. The van der Waals surface area contributed by atoms with Gasteiger partial charge < -0.3 is 5.32 Å². The maximum atomic E-state index is 12.1. The van der Waals surface area contributed by atoms with Crippen molar-refractivity contribution in [2.75, 3.05) is 5.75 Å². The normalized spacial score (nSPS) is 26.7. The number of hydrogen-bond acceptors (Lipinski definition) is 3. The molecule has 1 aromatic carbocycles. The van der Waals surface area contributed by atoms with Gasteiger partial charge in [0.2, 0.25) is 0 Å². The van der Waals surface area contributed by atoms with Crippen LogP contribution in [-0.2, 0) is 9.84 Å². The van der Waals surface area contributed by atoms with Crippen LogP contribution in [0.15, 0.2) is 29.2 Å². The van der Waals surface area contributed by atoms with Gasteiger partial charge in [0.1, 0.15) is 0 Å². The lowest BCUT2D eigenvalue weighted by Crippen LogP contribution is -2.35. The molecule has 1 fully saturated rings. The highest BCUT2D eigenvalue weighted by molar-refractivity contribution is 7.91. The summed E-state index contributed by atoms with van der Waals surface area (Å²) in [7, 11) is -3.06. The molecule has 19 heavy (non-hydrogen) atoms. The van der Waals surface area contributed by atoms with Gasteiger partial charge in [0.25, 0.3) is 0 Å². The summed E-state index contributed by atoms with van der Waals surface area (Å²) in [4.78, 5) is 0.525. The summed E-state index contributed by atoms with van der Waals surface area (Å²) in [5, 5.41) is 3.62. The second kappa shape index (κ2) is 4.91. The molecule has 0 radical (unpaired) electrons. The van der Waals surface area contributed by atoms with Gasteiger partial charge in [0, 0.05) is 12.1 Å². The van der Waals surface area contributed by atoms with Crippen molar-refractivity contribution in [3.05, 3.63) is 29.8 Å². The van der Waals surface area contributed by atoms with Gasteiger partial charge in [-0.15, -0.1) is 0 Å². The second-order valence-corrected chi connectivity index (χ2v) is 8.02. The van der Waals surface area contributed by atoms with E-state index in [-0.39, 0.29) is 11.8 Å². The monoisotopic (exact) mass is 279 g/mol. The molecule has 1 saturated carbocycles. The summed E-state index contributed by atoms with van der Waals surface area (Å²) >= 11 is 0. The van der Waals surface area contributed by atoms with E-state index >= 15 is 0 Å². The van der Waals surface area contributed by atoms with Gasteiger partial charge in [0.05, 0.1) is 10.6 Å². The number of rotatable bonds is 4. The highest BCUT2D eigenvalue weighted by atomic mass is 32.2. The standard InChI is InChI=1S/C15H21NO2S/c1-11(10-12-6-7-12)16-14-8-9-19(17,18)15-5-3-2-4-13(14)15/h2-5,11-12,14,16H,6-10H2,1H3. The molecule has 1 aliphatic carbocycles. The highest BCUT2D eigenvalue weighted by Gasteiger charge is 2.31. The zero-order valence-electron chi connectivity index (χ0n) is 11.3. The summed E-state index contributed by atoms with van der Waals surface area (Å²) < 4.78 is 24.1. The number of fused-ring (bicyclic) bond motifs is 1. The first-order chi connectivity index (χ1) is 9.06. The Morgan fingerprint density at radius 2 is 2.00 bits per heavy atom. The molecule has 104 valence electrons. The van der Waals surface area contributed by atoms with E-state index in [1.807, 2.05) is 18.2 Å². The quantitative estimate of drug-likeness (QED) is 0.921. The average Bonchev–Trinajstić information content (AvgIpc) is 3.17. The molecule has 3 nitrogen and oxygen atoms in total. The predicted molar refractivity (Wildman–Crippen MR) is 75.8 cm³/mol. The lowest BCUT2D eigenvalue weighted by Gasteiger charge is -2.29. The van der Waals surface area contributed by atoms with E-state index in [1.165, 1.54) is 19.3 Å².